The molecule has 1 saturated heterocycles. The van der Waals surface area contributed by atoms with Gasteiger partial charge in [0.2, 0.25) is 0 Å². The second-order valence-electron chi connectivity index (χ2n) is 6.19. The summed E-state index contributed by atoms with van der Waals surface area (Å²) in [5.74, 6) is 1.57. The van der Waals surface area contributed by atoms with Crippen LogP contribution in [0.2, 0.25) is 0 Å². The molecule has 1 aliphatic rings. The highest BCUT2D eigenvalue weighted by Crippen LogP contribution is 2.18. The minimum atomic E-state index is 0.0481. The standard InChI is InChI=1S/C19H24N2O2/c1-2-16-6-3-4-8-18(16)19(22)20-12-15-9-10-21(13-15)14-17-7-5-11-23-17/h3-8,11,15H,2,9-10,12-14H2,1H3,(H,20,22)/t15-/m0/s1. The molecule has 0 radical (unpaired) electrons. The molecule has 0 unspecified atom stereocenters. The maximum Gasteiger partial charge on any atom is 0.251 e. The van der Waals surface area contributed by atoms with Crippen molar-refractivity contribution in [2.75, 3.05) is 19.6 Å². The fourth-order valence-corrected chi connectivity index (χ4v) is 3.23. The van der Waals surface area contributed by atoms with Crippen molar-refractivity contribution in [3.05, 3.63) is 59.5 Å². The highest BCUT2D eigenvalue weighted by atomic mass is 16.3. The van der Waals surface area contributed by atoms with E-state index >= 15 is 0 Å². The average Bonchev–Trinajstić information content (AvgIpc) is 3.25. The summed E-state index contributed by atoms with van der Waals surface area (Å²) in [6, 6.07) is 11.8. The molecule has 2 aromatic rings. The molecule has 2 heterocycles. The maximum absolute atomic E-state index is 12.4. The number of benzene rings is 1. The summed E-state index contributed by atoms with van der Waals surface area (Å²) in [4.78, 5) is 14.8. The lowest BCUT2D eigenvalue weighted by molar-refractivity contribution is 0.0946. The Kier molecular flexibility index (Phi) is 5.13. The largest absolute Gasteiger partial charge is 0.468 e. The van der Waals surface area contributed by atoms with Crippen LogP contribution in [-0.2, 0) is 13.0 Å². The van der Waals surface area contributed by atoms with Crippen LogP contribution in [-0.4, -0.2) is 30.4 Å². The van der Waals surface area contributed by atoms with Crippen molar-refractivity contribution >= 4 is 5.91 Å². The fourth-order valence-electron chi connectivity index (χ4n) is 3.23. The highest BCUT2D eigenvalue weighted by molar-refractivity contribution is 5.95. The number of carbonyl (C=O) groups excluding carboxylic acids is 1. The quantitative estimate of drug-likeness (QED) is 0.891. The van der Waals surface area contributed by atoms with Gasteiger partial charge in [-0.2, -0.15) is 0 Å². The summed E-state index contributed by atoms with van der Waals surface area (Å²) in [5.41, 5.74) is 1.91. The zero-order valence-corrected chi connectivity index (χ0v) is 13.6. The number of carbonyl (C=O) groups is 1. The number of furan rings is 1. The Morgan fingerprint density at radius 2 is 2.17 bits per heavy atom. The van der Waals surface area contributed by atoms with Crippen LogP contribution in [0.4, 0.5) is 0 Å². The molecule has 4 heteroatoms. The molecular weight excluding hydrogens is 288 g/mol. The molecule has 23 heavy (non-hydrogen) atoms. The molecule has 1 atom stereocenters. The first kappa shape index (κ1) is 15.8. The number of hydrogen-bond acceptors (Lipinski definition) is 3. The second kappa shape index (κ2) is 7.47. The second-order valence-corrected chi connectivity index (χ2v) is 6.19. The van der Waals surface area contributed by atoms with Crippen molar-refractivity contribution in [2.24, 2.45) is 5.92 Å². The van der Waals surface area contributed by atoms with Gasteiger partial charge >= 0.3 is 0 Å². The van der Waals surface area contributed by atoms with Gasteiger partial charge in [0.25, 0.3) is 5.91 Å². The van der Waals surface area contributed by atoms with Crippen LogP contribution in [0.25, 0.3) is 0 Å². The van der Waals surface area contributed by atoms with Crippen LogP contribution in [0.3, 0.4) is 0 Å². The third-order valence-electron chi connectivity index (χ3n) is 4.52. The maximum atomic E-state index is 12.4. The van der Waals surface area contributed by atoms with E-state index in [1.807, 2.05) is 36.4 Å². The van der Waals surface area contributed by atoms with Crippen molar-refractivity contribution in [1.82, 2.24) is 10.2 Å². The van der Waals surface area contributed by atoms with Gasteiger partial charge < -0.3 is 9.73 Å². The van der Waals surface area contributed by atoms with E-state index in [4.69, 9.17) is 4.42 Å². The van der Waals surface area contributed by atoms with E-state index < -0.39 is 0 Å². The molecule has 1 N–H and O–H groups in total. The summed E-state index contributed by atoms with van der Waals surface area (Å²) in [5, 5.41) is 3.11. The molecule has 3 rings (SSSR count). The van der Waals surface area contributed by atoms with Crippen molar-refractivity contribution in [3.63, 3.8) is 0 Å². The number of hydrogen-bond donors (Lipinski definition) is 1. The molecule has 4 nitrogen and oxygen atoms in total. The van der Waals surface area contributed by atoms with Gasteiger partial charge in [-0.25, -0.2) is 0 Å². The predicted octanol–water partition coefficient (Wildman–Crippen LogP) is 3.09. The van der Waals surface area contributed by atoms with Crippen LogP contribution in [0.5, 0.6) is 0 Å². The first-order valence-electron chi connectivity index (χ1n) is 8.37. The lowest BCUT2D eigenvalue weighted by Gasteiger charge is -2.15. The summed E-state index contributed by atoms with van der Waals surface area (Å²) in [6.07, 6.45) is 3.72. The number of aryl methyl sites for hydroxylation is 1. The first-order chi connectivity index (χ1) is 11.3. The van der Waals surface area contributed by atoms with Crippen LogP contribution in [0.15, 0.2) is 47.1 Å². The van der Waals surface area contributed by atoms with Crippen molar-refractivity contribution in [2.45, 2.75) is 26.3 Å². The van der Waals surface area contributed by atoms with Crippen molar-refractivity contribution in [3.8, 4) is 0 Å². The summed E-state index contributed by atoms with van der Waals surface area (Å²) in [7, 11) is 0. The normalized spacial score (nSPS) is 18.2. The summed E-state index contributed by atoms with van der Waals surface area (Å²) < 4.78 is 5.40. The Balaban J connectivity index is 1.48. The summed E-state index contributed by atoms with van der Waals surface area (Å²) in [6.45, 7) is 5.75. The van der Waals surface area contributed by atoms with Crippen LogP contribution in [0.1, 0.15) is 35.0 Å². The van der Waals surface area contributed by atoms with Crippen LogP contribution in [0, 0.1) is 5.92 Å². The van der Waals surface area contributed by atoms with Gasteiger partial charge in [-0.15, -0.1) is 0 Å². The molecule has 1 aromatic heterocycles. The topological polar surface area (TPSA) is 45.5 Å². The fraction of sp³-hybridized carbons (Fsp3) is 0.421. The first-order valence-corrected chi connectivity index (χ1v) is 8.37. The van der Waals surface area contributed by atoms with Crippen LogP contribution >= 0.6 is 0 Å². The Labute approximate surface area is 137 Å². The molecule has 1 amide bonds. The molecule has 1 fully saturated rings. The minimum Gasteiger partial charge on any atom is -0.468 e. The van der Waals surface area contributed by atoms with E-state index in [0.29, 0.717) is 5.92 Å². The molecule has 0 saturated carbocycles. The lowest BCUT2D eigenvalue weighted by atomic mass is 10.0. The van der Waals surface area contributed by atoms with E-state index in [2.05, 4.69) is 17.1 Å². The molecular formula is C19H24N2O2. The Hall–Kier alpha value is -2.07. The molecule has 1 aliphatic heterocycles. The van der Waals surface area contributed by atoms with E-state index in [9.17, 15) is 4.79 Å². The number of likely N-dealkylation sites (tertiary alicyclic amines) is 1. The zero-order valence-electron chi connectivity index (χ0n) is 13.6. The SMILES string of the molecule is CCc1ccccc1C(=O)NC[C@@H]1CCN(Cc2ccco2)C1. The smallest absolute Gasteiger partial charge is 0.251 e. The molecule has 122 valence electrons. The molecule has 0 aliphatic carbocycles. The number of nitrogens with zero attached hydrogens (tertiary/aromatic N) is 1. The van der Waals surface area contributed by atoms with Gasteiger partial charge in [0.15, 0.2) is 0 Å². The minimum absolute atomic E-state index is 0.0481. The average molecular weight is 312 g/mol. The van der Waals surface area contributed by atoms with E-state index in [0.717, 1.165) is 55.9 Å². The Morgan fingerprint density at radius 3 is 2.96 bits per heavy atom. The van der Waals surface area contributed by atoms with Crippen molar-refractivity contribution < 1.29 is 9.21 Å². The number of nitrogens with one attached hydrogen (secondary N) is 1. The van der Waals surface area contributed by atoms with Crippen molar-refractivity contribution in [1.29, 1.82) is 0 Å². The highest BCUT2D eigenvalue weighted by Gasteiger charge is 2.23. The number of amides is 1. The lowest BCUT2D eigenvalue weighted by Crippen LogP contribution is -2.31. The molecule has 1 aromatic carbocycles. The Bertz CT molecular complexity index is 637. The van der Waals surface area contributed by atoms with Gasteiger partial charge in [-0.1, -0.05) is 25.1 Å². The van der Waals surface area contributed by atoms with E-state index in [-0.39, 0.29) is 5.91 Å². The van der Waals surface area contributed by atoms with Gasteiger partial charge in [-0.3, -0.25) is 9.69 Å². The number of rotatable bonds is 6. The Morgan fingerprint density at radius 1 is 1.30 bits per heavy atom. The van der Waals surface area contributed by atoms with Gasteiger partial charge in [-0.05, 0) is 49.1 Å². The third-order valence-corrected chi connectivity index (χ3v) is 4.52. The zero-order chi connectivity index (χ0) is 16.1. The van der Waals surface area contributed by atoms with Gasteiger partial charge in [0, 0.05) is 18.7 Å². The summed E-state index contributed by atoms with van der Waals surface area (Å²) >= 11 is 0. The third kappa shape index (κ3) is 4.02. The van der Waals surface area contributed by atoms with E-state index in [1.165, 1.54) is 0 Å². The van der Waals surface area contributed by atoms with Crippen LogP contribution < -0.4 is 5.32 Å². The molecule has 0 bridgehead atoms. The predicted molar refractivity (Wildman–Crippen MR) is 90.2 cm³/mol. The monoisotopic (exact) mass is 312 g/mol. The molecule has 0 spiro atoms. The van der Waals surface area contributed by atoms with Gasteiger partial charge in [0.1, 0.15) is 5.76 Å². The van der Waals surface area contributed by atoms with Gasteiger partial charge in [0.05, 0.1) is 12.8 Å². The van der Waals surface area contributed by atoms with E-state index in [1.54, 1.807) is 6.26 Å².